The van der Waals surface area contributed by atoms with Gasteiger partial charge in [-0.1, -0.05) is 42.5 Å². The molecule has 2 aliphatic heterocycles. The van der Waals surface area contributed by atoms with Crippen LogP contribution in [0.2, 0.25) is 0 Å². The highest BCUT2D eigenvalue weighted by Crippen LogP contribution is 2.23. The number of benzene rings is 3. The van der Waals surface area contributed by atoms with Crippen molar-refractivity contribution in [2.75, 3.05) is 44.2 Å². The number of piperazine rings is 1. The van der Waals surface area contributed by atoms with Gasteiger partial charge in [0, 0.05) is 56.5 Å². The number of anilines is 1. The third-order valence-corrected chi connectivity index (χ3v) is 6.72. The van der Waals surface area contributed by atoms with Gasteiger partial charge in [0.15, 0.2) is 0 Å². The van der Waals surface area contributed by atoms with Crippen LogP contribution in [0.4, 0.5) is 10.5 Å². The van der Waals surface area contributed by atoms with Gasteiger partial charge in [-0.05, 0) is 47.5 Å². The average molecular weight is 544 g/mol. The Labute approximate surface area is 233 Å². The maximum absolute atomic E-state index is 13.0. The minimum Gasteiger partial charge on any atom is -0.481 e. The van der Waals surface area contributed by atoms with Gasteiger partial charge in [0.1, 0.15) is 11.9 Å². The first-order valence-corrected chi connectivity index (χ1v) is 13.0. The van der Waals surface area contributed by atoms with Gasteiger partial charge in [0.05, 0.1) is 6.54 Å². The number of carbonyl (C=O) groups is 3. The number of nitrogens with zero attached hydrogens (tertiary/aromatic N) is 3. The van der Waals surface area contributed by atoms with Crippen molar-refractivity contribution in [1.82, 2.24) is 9.80 Å². The molecule has 208 valence electrons. The second-order valence-corrected chi connectivity index (χ2v) is 9.63. The molecule has 10 nitrogen and oxygen atoms in total. The average Bonchev–Trinajstić information content (AvgIpc) is 3.33. The number of nitrogen functional groups attached to an aromatic ring is 1. The monoisotopic (exact) mass is 543 g/mol. The Morgan fingerprint density at radius 1 is 0.900 bits per heavy atom. The van der Waals surface area contributed by atoms with Crippen LogP contribution in [0.25, 0.3) is 11.1 Å². The van der Waals surface area contributed by atoms with E-state index in [1.807, 2.05) is 47.4 Å². The molecule has 5 rings (SSSR count). The zero-order valence-corrected chi connectivity index (χ0v) is 22.3. The smallest absolute Gasteiger partial charge is 0.414 e. The lowest BCUT2D eigenvalue weighted by molar-refractivity contribution is -0.134. The lowest BCUT2D eigenvalue weighted by Gasteiger charge is -2.35. The van der Waals surface area contributed by atoms with Crippen molar-refractivity contribution >= 4 is 29.5 Å². The van der Waals surface area contributed by atoms with E-state index in [4.69, 9.17) is 25.8 Å². The van der Waals surface area contributed by atoms with Crippen molar-refractivity contribution in [3.63, 3.8) is 0 Å². The Morgan fingerprint density at radius 2 is 1.45 bits per heavy atom. The third-order valence-electron chi connectivity index (χ3n) is 6.72. The van der Waals surface area contributed by atoms with E-state index in [0.29, 0.717) is 37.3 Å². The number of rotatable bonds is 6. The molecule has 0 spiro atoms. The summed E-state index contributed by atoms with van der Waals surface area (Å²) < 4.78 is 5.60. The van der Waals surface area contributed by atoms with Crippen molar-refractivity contribution in [3.8, 4) is 11.1 Å². The summed E-state index contributed by atoms with van der Waals surface area (Å²) in [5.74, 6) is -0.799. The number of amides is 2. The molecule has 0 radical (unpaired) electrons. The molecule has 0 saturated carbocycles. The molecule has 40 heavy (non-hydrogen) atoms. The Hall–Kier alpha value is -4.70. The highest BCUT2D eigenvalue weighted by atomic mass is 16.6. The molecule has 0 bridgehead atoms. The molecule has 0 aromatic heterocycles. The predicted octanol–water partition coefficient (Wildman–Crippen LogP) is 3.51. The zero-order valence-electron chi connectivity index (χ0n) is 22.3. The summed E-state index contributed by atoms with van der Waals surface area (Å²) in [5, 5.41) is 14.9. The molecular weight excluding hydrogens is 510 g/mol. The van der Waals surface area contributed by atoms with Crippen molar-refractivity contribution < 1.29 is 24.2 Å². The predicted molar refractivity (Wildman–Crippen MR) is 153 cm³/mol. The first kappa shape index (κ1) is 28.3. The van der Waals surface area contributed by atoms with E-state index >= 15 is 0 Å². The van der Waals surface area contributed by atoms with Gasteiger partial charge in [0.25, 0.3) is 11.9 Å². The normalized spacial score (nSPS) is 17.0. The van der Waals surface area contributed by atoms with E-state index in [0.717, 1.165) is 36.8 Å². The number of nitrogens with one attached hydrogen (secondary N) is 1. The zero-order chi connectivity index (χ0) is 28.6. The fourth-order valence-corrected chi connectivity index (χ4v) is 4.69. The summed E-state index contributed by atoms with van der Waals surface area (Å²) in [4.78, 5) is 40.2. The number of hydrogen-bond acceptors (Lipinski definition) is 6. The van der Waals surface area contributed by atoms with E-state index in [9.17, 15) is 9.59 Å². The minimum atomic E-state index is -0.833. The van der Waals surface area contributed by atoms with E-state index in [1.165, 1.54) is 0 Å². The summed E-state index contributed by atoms with van der Waals surface area (Å²) >= 11 is 0. The second-order valence-electron chi connectivity index (χ2n) is 9.63. The van der Waals surface area contributed by atoms with Crippen molar-refractivity contribution in [1.29, 1.82) is 5.41 Å². The standard InChI is InChI=1S/C28H29N5O3.C2H4O2/c29-26(30)22-10-12-24(13-11-22)33-19-25(36-28(33)35)18-31-14-16-32(17-15-31)27(34)23-8-6-21(7-9-23)20-4-2-1-3-5-20;1-2(3)4/h1-13,25H,14-19H2,(H3,29,30);1H3,(H,3,4). The molecule has 3 aromatic rings. The highest BCUT2D eigenvalue weighted by molar-refractivity contribution is 5.96. The van der Waals surface area contributed by atoms with Gasteiger partial charge in [-0.3, -0.25) is 24.8 Å². The van der Waals surface area contributed by atoms with Crippen molar-refractivity contribution in [3.05, 3.63) is 90.0 Å². The lowest BCUT2D eigenvalue weighted by atomic mass is 10.0. The largest absolute Gasteiger partial charge is 0.481 e. The molecule has 3 aromatic carbocycles. The summed E-state index contributed by atoms with van der Waals surface area (Å²) in [5.41, 5.74) is 9.76. The first-order chi connectivity index (χ1) is 19.2. The summed E-state index contributed by atoms with van der Waals surface area (Å²) in [6.07, 6.45) is -0.610. The van der Waals surface area contributed by atoms with Crippen molar-refractivity contribution in [2.24, 2.45) is 5.73 Å². The van der Waals surface area contributed by atoms with E-state index in [1.54, 1.807) is 29.2 Å². The molecular formula is C30H33N5O5. The molecule has 4 N–H and O–H groups in total. The Kier molecular flexibility index (Phi) is 9.13. The Balaban J connectivity index is 0.000000867. The maximum Gasteiger partial charge on any atom is 0.414 e. The summed E-state index contributed by atoms with van der Waals surface area (Å²) in [6, 6.07) is 24.9. The number of nitrogens with two attached hydrogens (primary N) is 1. The van der Waals surface area contributed by atoms with Crippen LogP contribution in [0, 0.1) is 5.41 Å². The van der Waals surface area contributed by atoms with Gasteiger partial charge in [-0.2, -0.15) is 0 Å². The number of carboxylic acid groups (broad SMARTS) is 1. The van der Waals surface area contributed by atoms with Gasteiger partial charge in [-0.15, -0.1) is 0 Å². The number of cyclic esters (lactones) is 1. The van der Waals surface area contributed by atoms with Gasteiger partial charge >= 0.3 is 6.09 Å². The quantitative estimate of drug-likeness (QED) is 0.319. The number of ether oxygens (including phenoxy) is 1. The highest BCUT2D eigenvalue weighted by Gasteiger charge is 2.34. The molecule has 1 unspecified atom stereocenters. The van der Waals surface area contributed by atoms with Crippen LogP contribution in [-0.2, 0) is 9.53 Å². The third kappa shape index (κ3) is 7.23. The molecule has 1 atom stereocenters. The summed E-state index contributed by atoms with van der Waals surface area (Å²) in [7, 11) is 0. The van der Waals surface area contributed by atoms with E-state index in [-0.39, 0.29) is 23.9 Å². The fraction of sp³-hybridized carbons (Fsp3) is 0.267. The topological polar surface area (TPSA) is 140 Å². The molecule has 2 fully saturated rings. The molecule has 2 amide bonds. The first-order valence-electron chi connectivity index (χ1n) is 13.0. The van der Waals surface area contributed by atoms with Crippen LogP contribution < -0.4 is 10.6 Å². The van der Waals surface area contributed by atoms with Gasteiger partial charge < -0.3 is 20.5 Å². The minimum absolute atomic E-state index is 0.00903. The number of amidine groups is 1. The molecule has 2 aliphatic rings. The number of hydrogen-bond donors (Lipinski definition) is 3. The molecule has 2 heterocycles. The number of carbonyl (C=O) groups excluding carboxylic acids is 2. The van der Waals surface area contributed by atoms with Crippen LogP contribution in [-0.4, -0.2) is 84.1 Å². The van der Waals surface area contributed by atoms with E-state index < -0.39 is 5.97 Å². The molecule has 10 heteroatoms. The number of carboxylic acids is 1. The number of aliphatic carboxylic acids is 1. The summed E-state index contributed by atoms with van der Waals surface area (Å²) in [6.45, 7) is 4.91. The van der Waals surface area contributed by atoms with Crippen LogP contribution >= 0.6 is 0 Å². The maximum atomic E-state index is 13.0. The van der Waals surface area contributed by atoms with Crippen molar-refractivity contribution in [2.45, 2.75) is 13.0 Å². The Morgan fingerprint density at radius 3 is 2.02 bits per heavy atom. The van der Waals surface area contributed by atoms with Gasteiger partial charge in [-0.25, -0.2) is 4.79 Å². The Bertz CT molecular complexity index is 1330. The van der Waals surface area contributed by atoms with Crippen LogP contribution in [0.1, 0.15) is 22.8 Å². The second kappa shape index (κ2) is 12.9. The fourth-order valence-electron chi connectivity index (χ4n) is 4.69. The van der Waals surface area contributed by atoms with Crippen LogP contribution in [0.3, 0.4) is 0 Å². The SMILES string of the molecule is CC(=O)O.N=C(N)c1ccc(N2CC(CN3CCN(C(=O)c4ccc(-c5ccccc5)cc4)CC3)OC2=O)cc1. The van der Waals surface area contributed by atoms with Gasteiger partial charge in [0.2, 0.25) is 0 Å². The van der Waals surface area contributed by atoms with E-state index in [2.05, 4.69) is 17.0 Å². The molecule has 0 aliphatic carbocycles. The lowest BCUT2D eigenvalue weighted by Crippen LogP contribution is -2.50. The molecule has 2 saturated heterocycles. The van der Waals surface area contributed by atoms with Crippen LogP contribution in [0.5, 0.6) is 0 Å². The van der Waals surface area contributed by atoms with Crippen LogP contribution in [0.15, 0.2) is 78.9 Å².